The third-order valence-electron chi connectivity index (χ3n) is 3.48. The summed E-state index contributed by atoms with van der Waals surface area (Å²) in [5, 5.41) is 0. The van der Waals surface area contributed by atoms with Crippen molar-refractivity contribution in [3.8, 4) is 23.0 Å². The minimum atomic E-state index is 0.367. The SMILES string of the molecule is CC(C)c1ccc(-c2ccc(-c3ccc(C(C)C)o3)o2)o1. The molecule has 0 saturated heterocycles. The van der Waals surface area contributed by atoms with Crippen molar-refractivity contribution in [3.63, 3.8) is 0 Å². The van der Waals surface area contributed by atoms with E-state index in [4.69, 9.17) is 13.3 Å². The van der Waals surface area contributed by atoms with Gasteiger partial charge < -0.3 is 13.3 Å². The molecule has 3 aromatic heterocycles. The molecular weight excluding hydrogens is 264 g/mol. The van der Waals surface area contributed by atoms with Crippen molar-refractivity contribution < 1.29 is 13.3 Å². The maximum absolute atomic E-state index is 5.85. The highest BCUT2D eigenvalue weighted by molar-refractivity contribution is 5.58. The standard InChI is InChI=1S/C18H20O3/c1-11(2)13-5-7-15(19-13)17-9-10-18(21-17)16-8-6-14(20-16)12(3)4/h5-12H,1-4H3. The van der Waals surface area contributed by atoms with Crippen molar-refractivity contribution in [3.05, 3.63) is 47.9 Å². The van der Waals surface area contributed by atoms with Gasteiger partial charge in [-0.3, -0.25) is 0 Å². The Morgan fingerprint density at radius 2 is 0.857 bits per heavy atom. The maximum Gasteiger partial charge on any atom is 0.170 e. The van der Waals surface area contributed by atoms with Crippen LogP contribution in [0.15, 0.2) is 49.6 Å². The van der Waals surface area contributed by atoms with E-state index in [1.54, 1.807) is 0 Å². The van der Waals surface area contributed by atoms with Crippen LogP contribution >= 0.6 is 0 Å². The number of hydrogen-bond donors (Lipinski definition) is 0. The maximum atomic E-state index is 5.85. The molecule has 0 saturated carbocycles. The minimum Gasteiger partial charge on any atom is -0.458 e. The summed E-state index contributed by atoms with van der Waals surface area (Å²) in [6.45, 7) is 8.41. The predicted octanol–water partition coefficient (Wildman–Crippen LogP) is 6.05. The van der Waals surface area contributed by atoms with Crippen molar-refractivity contribution in [2.24, 2.45) is 0 Å². The van der Waals surface area contributed by atoms with Crippen LogP contribution in [0.25, 0.3) is 23.0 Å². The van der Waals surface area contributed by atoms with E-state index < -0.39 is 0 Å². The van der Waals surface area contributed by atoms with Crippen molar-refractivity contribution in [1.29, 1.82) is 0 Å². The highest BCUT2D eigenvalue weighted by Crippen LogP contribution is 2.32. The van der Waals surface area contributed by atoms with Gasteiger partial charge in [0.2, 0.25) is 0 Å². The van der Waals surface area contributed by atoms with Gasteiger partial charge in [-0.15, -0.1) is 0 Å². The molecule has 0 radical (unpaired) electrons. The van der Waals surface area contributed by atoms with Gasteiger partial charge >= 0.3 is 0 Å². The number of rotatable bonds is 4. The summed E-state index contributed by atoms with van der Waals surface area (Å²) < 4.78 is 17.5. The van der Waals surface area contributed by atoms with Gasteiger partial charge in [0.25, 0.3) is 0 Å². The van der Waals surface area contributed by atoms with E-state index in [0.717, 1.165) is 34.6 Å². The lowest BCUT2D eigenvalue weighted by Gasteiger charge is -1.98. The van der Waals surface area contributed by atoms with Gasteiger partial charge in [-0.05, 0) is 36.4 Å². The van der Waals surface area contributed by atoms with Crippen LogP contribution < -0.4 is 0 Å². The summed E-state index contributed by atoms with van der Waals surface area (Å²) in [5.41, 5.74) is 0. The van der Waals surface area contributed by atoms with E-state index in [0.29, 0.717) is 11.8 Å². The van der Waals surface area contributed by atoms with Gasteiger partial charge in [0.1, 0.15) is 11.5 Å². The molecule has 21 heavy (non-hydrogen) atoms. The Morgan fingerprint density at radius 3 is 1.19 bits per heavy atom. The second kappa shape index (κ2) is 5.32. The second-order valence-corrected chi connectivity index (χ2v) is 5.88. The molecule has 110 valence electrons. The normalized spacial score (nSPS) is 11.7. The first-order valence-corrected chi connectivity index (χ1v) is 7.34. The first-order chi connectivity index (χ1) is 10.0. The van der Waals surface area contributed by atoms with E-state index in [1.807, 2.05) is 36.4 Å². The fourth-order valence-corrected chi connectivity index (χ4v) is 2.19. The van der Waals surface area contributed by atoms with Crippen LogP contribution in [0.1, 0.15) is 51.1 Å². The van der Waals surface area contributed by atoms with Crippen LogP contribution in [-0.2, 0) is 0 Å². The average molecular weight is 284 g/mol. The summed E-state index contributed by atoms with van der Waals surface area (Å²) in [4.78, 5) is 0. The molecule has 0 amide bonds. The zero-order chi connectivity index (χ0) is 15.0. The van der Waals surface area contributed by atoms with Crippen molar-refractivity contribution in [1.82, 2.24) is 0 Å². The lowest BCUT2D eigenvalue weighted by Crippen LogP contribution is -1.80. The Labute approximate surface area is 124 Å². The molecule has 3 rings (SSSR count). The lowest BCUT2D eigenvalue weighted by molar-refractivity contribution is 0.462. The number of furan rings is 3. The third kappa shape index (κ3) is 2.68. The highest BCUT2D eigenvalue weighted by atomic mass is 16.4. The Morgan fingerprint density at radius 1 is 0.524 bits per heavy atom. The quantitative estimate of drug-likeness (QED) is 0.585. The molecule has 3 heterocycles. The molecule has 0 atom stereocenters. The van der Waals surface area contributed by atoms with Gasteiger partial charge in [-0.25, -0.2) is 0 Å². The fraction of sp³-hybridized carbons (Fsp3) is 0.333. The van der Waals surface area contributed by atoms with E-state index in [2.05, 4.69) is 27.7 Å². The number of hydrogen-bond acceptors (Lipinski definition) is 3. The molecule has 0 aliphatic rings. The lowest BCUT2D eigenvalue weighted by atomic mass is 10.2. The smallest absolute Gasteiger partial charge is 0.170 e. The van der Waals surface area contributed by atoms with Gasteiger partial charge in [0, 0.05) is 11.8 Å². The van der Waals surface area contributed by atoms with Gasteiger partial charge in [-0.2, -0.15) is 0 Å². The van der Waals surface area contributed by atoms with E-state index >= 15 is 0 Å². The van der Waals surface area contributed by atoms with Crippen LogP contribution in [0.5, 0.6) is 0 Å². The Kier molecular flexibility index (Phi) is 3.50. The summed E-state index contributed by atoms with van der Waals surface area (Å²) in [6, 6.07) is 11.7. The molecule has 3 heteroatoms. The molecule has 0 N–H and O–H groups in total. The first kappa shape index (κ1) is 13.8. The van der Waals surface area contributed by atoms with E-state index in [1.165, 1.54) is 0 Å². The zero-order valence-corrected chi connectivity index (χ0v) is 12.8. The molecule has 0 unspecified atom stereocenters. The van der Waals surface area contributed by atoms with E-state index in [-0.39, 0.29) is 0 Å². The van der Waals surface area contributed by atoms with Crippen molar-refractivity contribution in [2.75, 3.05) is 0 Å². The molecule has 0 bridgehead atoms. The van der Waals surface area contributed by atoms with Gasteiger partial charge in [0.05, 0.1) is 0 Å². The molecule has 0 spiro atoms. The summed E-state index contributed by atoms with van der Waals surface area (Å²) in [7, 11) is 0. The Bertz CT molecular complexity index is 664. The fourth-order valence-electron chi connectivity index (χ4n) is 2.19. The molecule has 3 aromatic rings. The Hall–Kier alpha value is -2.16. The van der Waals surface area contributed by atoms with Crippen LogP contribution in [-0.4, -0.2) is 0 Å². The topological polar surface area (TPSA) is 39.4 Å². The zero-order valence-electron chi connectivity index (χ0n) is 12.8. The Balaban J connectivity index is 1.88. The largest absolute Gasteiger partial charge is 0.458 e. The van der Waals surface area contributed by atoms with Crippen molar-refractivity contribution >= 4 is 0 Å². The highest BCUT2D eigenvalue weighted by Gasteiger charge is 2.14. The van der Waals surface area contributed by atoms with Gasteiger partial charge in [0.15, 0.2) is 23.0 Å². The summed E-state index contributed by atoms with van der Waals surface area (Å²) >= 11 is 0. The molecule has 0 aliphatic heterocycles. The van der Waals surface area contributed by atoms with Crippen molar-refractivity contribution in [2.45, 2.75) is 39.5 Å². The molecule has 0 aliphatic carbocycles. The van der Waals surface area contributed by atoms with Crippen LogP contribution in [0.4, 0.5) is 0 Å². The first-order valence-electron chi connectivity index (χ1n) is 7.34. The summed E-state index contributed by atoms with van der Waals surface area (Å²) in [6.07, 6.45) is 0. The van der Waals surface area contributed by atoms with Crippen LogP contribution in [0, 0.1) is 0 Å². The molecular formula is C18H20O3. The summed E-state index contributed by atoms with van der Waals surface area (Å²) in [5.74, 6) is 5.60. The molecule has 0 aromatic carbocycles. The molecule has 0 fully saturated rings. The monoisotopic (exact) mass is 284 g/mol. The minimum absolute atomic E-state index is 0.367. The van der Waals surface area contributed by atoms with Gasteiger partial charge in [-0.1, -0.05) is 27.7 Å². The average Bonchev–Trinajstić information content (AvgIpc) is 3.18. The van der Waals surface area contributed by atoms with Crippen LogP contribution in [0.2, 0.25) is 0 Å². The molecule has 3 nitrogen and oxygen atoms in total. The second-order valence-electron chi connectivity index (χ2n) is 5.88. The third-order valence-corrected chi connectivity index (χ3v) is 3.48. The van der Waals surface area contributed by atoms with Crippen LogP contribution in [0.3, 0.4) is 0 Å². The predicted molar refractivity (Wildman–Crippen MR) is 82.3 cm³/mol. The van der Waals surface area contributed by atoms with E-state index in [9.17, 15) is 0 Å².